The van der Waals surface area contributed by atoms with Gasteiger partial charge in [-0.2, -0.15) is 0 Å². The predicted molar refractivity (Wildman–Crippen MR) is 92.6 cm³/mol. The molecule has 1 heterocycles. The third-order valence-electron chi connectivity index (χ3n) is 4.17. The van der Waals surface area contributed by atoms with E-state index in [4.69, 9.17) is 9.47 Å². The van der Waals surface area contributed by atoms with Crippen LogP contribution in [-0.4, -0.2) is 19.3 Å². The van der Waals surface area contributed by atoms with Crippen molar-refractivity contribution in [2.24, 2.45) is 0 Å². The highest BCUT2D eigenvalue weighted by atomic mass is 16.5. The molecule has 3 heteroatoms. The number of nitrogens with one attached hydrogen (secondary N) is 1. The van der Waals surface area contributed by atoms with Crippen LogP contribution in [0, 0.1) is 6.92 Å². The lowest BCUT2D eigenvalue weighted by Gasteiger charge is -2.11. The highest BCUT2D eigenvalue weighted by Gasteiger charge is 2.14. The first kappa shape index (κ1) is 16.0. The second-order valence-corrected chi connectivity index (χ2v) is 6.18. The monoisotopic (exact) mass is 311 g/mol. The quantitative estimate of drug-likeness (QED) is 0.842. The van der Waals surface area contributed by atoms with Crippen LogP contribution in [0.15, 0.2) is 48.5 Å². The average Bonchev–Trinajstić information content (AvgIpc) is 3.09. The number of hydrogen-bond acceptors (Lipinski definition) is 3. The van der Waals surface area contributed by atoms with E-state index in [0.717, 1.165) is 25.4 Å². The molecular formula is C20H25NO2. The topological polar surface area (TPSA) is 30.5 Å². The summed E-state index contributed by atoms with van der Waals surface area (Å²) in [6.45, 7) is 5.43. The van der Waals surface area contributed by atoms with Crippen LogP contribution in [-0.2, 0) is 17.9 Å². The van der Waals surface area contributed by atoms with Crippen molar-refractivity contribution < 1.29 is 9.47 Å². The van der Waals surface area contributed by atoms with E-state index < -0.39 is 0 Å². The van der Waals surface area contributed by atoms with E-state index in [9.17, 15) is 0 Å². The van der Waals surface area contributed by atoms with Crippen molar-refractivity contribution in [1.82, 2.24) is 5.32 Å². The Morgan fingerprint density at radius 2 is 1.78 bits per heavy atom. The van der Waals surface area contributed by atoms with Gasteiger partial charge in [-0.3, -0.25) is 0 Å². The molecule has 23 heavy (non-hydrogen) atoms. The summed E-state index contributed by atoms with van der Waals surface area (Å²) in [5.41, 5.74) is 3.73. The van der Waals surface area contributed by atoms with Crippen molar-refractivity contribution in [3.8, 4) is 5.75 Å². The van der Waals surface area contributed by atoms with Crippen molar-refractivity contribution in [3.05, 3.63) is 65.2 Å². The zero-order chi connectivity index (χ0) is 15.9. The minimum atomic E-state index is 0.395. The molecule has 1 aliphatic rings. The van der Waals surface area contributed by atoms with Crippen LogP contribution in [0.5, 0.6) is 5.75 Å². The molecular weight excluding hydrogens is 286 g/mol. The van der Waals surface area contributed by atoms with Gasteiger partial charge in [0.1, 0.15) is 12.4 Å². The van der Waals surface area contributed by atoms with Crippen LogP contribution in [0.25, 0.3) is 0 Å². The fourth-order valence-corrected chi connectivity index (χ4v) is 2.74. The van der Waals surface area contributed by atoms with E-state index in [0.29, 0.717) is 12.7 Å². The molecule has 1 unspecified atom stereocenters. The van der Waals surface area contributed by atoms with Crippen molar-refractivity contribution >= 4 is 0 Å². The number of ether oxygens (including phenoxy) is 2. The van der Waals surface area contributed by atoms with Gasteiger partial charge in [0, 0.05) is 19.7 Å². The summed E-state index contributed by atoms with van der Waals surface area (Å²) in [6, 6.07) is 16.8. The highest BCUT2D eigenvalue weighted by Crippen LogP contribution is 2.15. The standard InChI is InChI=1S/C20H25NO2/c1-16-4-6-18(7-5-16)15-23-19-10-8-17(9-11-19)13-21-14-20-3-2-12-22-20/h4-11,20-21H,2-3,12-15H2,1H3. The molecule has 0 aliphatic carbocycles. The third kappa shape index (κ3) is 5.08. The summed E-state index contributed by atoms with van der Waals surface area (Å²) in [5, 5.41) is 3.46. The van der Waals surface area contributed by atoms with E-state index >= 15 is 0 Å². The summed E-state index contributed by atoms with van der Waals surface area (Å²) in [5.74, 6) is 0.911. The predicted octanol–water partition coefficient (Wildman–Crippen LogP) is 3.84. The lowest BCUT2D eigenvalue weighted by molar-refractivity contribution is 0.110. The molecule has 0 saturated carbocycles. The number of aryl methyl sites for hydroxylation is 1. The summed E-state index contributed by atoms with van der Waals surface area (Å²) in [4.78, 5) is 0. The van der Waals surface area contributed by atoms with Gasteiger partial charge in [0.2, 0.25) is 0 Å². The molecule has 2 aromatic carbocycles. The molecule has 0 spiro atoms. The SMILES string of the molecule is Cc1ccc(COc2ccc(CNCC3CCCO3)cc2)cc1. The van der Waals surface area contributed by atoms with Crippen LogP contribution < -0.4 is 10.1 Å². The summed E-state index contributed by atoms with van der Waals surface area (Å²) < 4.78 is 11.4. The van der Waals surface area contributed by atoms with Crippen LogP contribution in [0.4, 0.5) is 0 Å². The molecule has 1 aliphatic heterocycles. The van der Waals surface area contributed by atoms with Gasteiger partial charge in [-0.05, 0) is 43.0 Å². The Morgan fingerprint density at radius 1 is 1.04 bits per heavy atom. The zero-order valence-electron chi connectivity index (χ0n) is 13.8. The molecule has 1 N–H and O–H groups in total. The first-order chi connectivity index (χ1) is 11.3. The molecule has 0 bridgehead atoms. The van der Waals surface area contributed by atoms with Crippen molar-refractivity contribution in [1.29, 1.82) is 0 Å². The normalized spacial score (nSPS) is 17.3. The largest absolute Gasteiger partial charge is 0.489 e. The summed E-state index contributed by atoms with van der Waals surface area (Å²) in [6.07, 6.45) is 2.77. The molecule has 0 aromatic heterocycles. The number of rotatable bonds is 7. The maximum absolute atomic E-state index is 5.83. The van der Waals surface area contributed by atoms with Crippen molar-refractivity contribution in [2.45, 2.75) is 39.0 Å². The lowest BCUT2D eigenvalue weighted by Crippen LogP contribution is -2.25. The highest BCUT2D eigenvalue weighted by molar-refractivity contribution is 5.28. The van der Waals surface area contributed by atoms with Gasteiger partial charge < -0.3 is 14.8 Å². The smallest absolute Gasteiger partial charge is 0.119 e. The van der Waals surface area contributed by atoms with Gasteiger partial charge in [-0.1, -0.05) is 42.0 Å². The third-order valence-corrected chi connectivity index (χ3v) is 4.17. The molecule has 0 radical (unpaired) electrons. The van der Waals surface area contributed by atoms with Crippen molar-refractivity contribution in [2.75, 3.05) is 13.2 Å². The molecule has 3 rings (SSSR count). The second-order valence-electron chi connectivity index (χ2n) is 6.18. The molecule has 1 fully saturated rings. The Labute approximate surface area is 138 Å². The molecule has 0 amide bonds. The Bertz CT molecular complexity index is 586. The Hall–Kier alpha value is -1.84. The number of hydrogen-bond donors (Lipinski definition) is 1. The average molecular weight is 311 g/mol. The Morgan fingerprint density at radius 3 is 2.48 bits per heavy atom. The first-order valence-corrected chi connectivity index (χ1v) is 8.39. The summed E-state index contributed by atoms with van der Waals surface area (Å²) in [7, 11) is 0. The maximum atomic E-state index is 5.83. The minimum Gasteiger partial charge on any atom is -0.489 e. The minimum absolute atomic E-state index is 0.395. The molecule has 3 nitrogen and oxygen atoms in total. The fraction of sp³-hybridized carbons (Fsp3) is 0.400. The Kier molecular flexibility index (Phi) is 5.67. The van der Waals surface area contributed by atoms with Crippen LogP contribution >= 0.6 is 0 Å². The van der Waals surface area contributed by atoms with E-state index in [1.54, 1.807) is 0 Å². The van der Waals surface area contributed by atoms with Gasteiger partial charge in [0.25, 0.3) is 0 Å². The number of benzene rings is 2. The van der Waals surface area contributed by atoms with Crippen molar-refractivity contribution in [3.63, 3.8) is 0 Å². The van der Waals surface area contributed by atoms with E-state index in [2.05, 4.69) is 48.6 Å². The van der Waals surface area contributed by atoms with Gasteiger partial charge in [0.05, 0.1) is 6.10 Å². The molecule has 1 saturated heterocycles. The van der Waals surface area contributed by atoms with Gasteiger partial charge in [-0.15, -0.1) is 0 Å². The molecule has 1 atom stereocenters. The van der Waals surface area contributed by atoms with Crippen LogP contribution in [0.3, 0.4) is 0 Å². The van der Waals surface area contributed by atoms with Gasteiger partial charge in [0.15, 0.2) is 0 Å². The molecule has 2 aromatic rings. The lowest BCUT2D eigenvalue weighted by atomic mass is 10.2. The fourth-order valence-electron chi connectivity index (χ4n) is 2.74. The second kappa shape index (κ2) is 8.14. The Balaban J connectivity index is 1.42. The zero-order valence-corrected chi connectivity index (χ0v) is 13.8. The van der Waals surface area contributed by atoms with E-state index in [-0.39, 0.29) is 0 Å². The summed E-state index contributed by atoms with van der Waals surface area (Å²) >= 11 is 0. The van der Waals surface area contributed by atoms with Gasteiger partial charge in [-0.25, -0.2) is 0 Å². The first-order valence-electron chi connectivity index (χ1n) is 8.39. The van der Waals surface area contributed by atoms with Gasteiger partial charge >= 0.3 is 0 Å². The van der Waals surface area contributed by atoms with E-state index in [1.807, 2.05) is 12.1 Å². The van der Waals surface area contributed by atoms with E-state index in [1.165, 1.54) is 29.5 Å². The van der Waals surface area contributed by atoms with Crippen LogP contribution in [0.1, 0.15) is 29.5 Å². The maximum Gasteiger partial charge on any atom is 0.119 e. The molecule has 122 valence electrons. The van der Waals surface area contributed by atoms with Crippen LogP contribution in [0.2, 0.25) is 0 Å².